The molecule has 0 aliphatic heterocycles. The van der Waals surface area contributed by atoms with Crippen LogP contribution in [-0.4, -0.2) is 20.6 Å². The minimum atomic E-state index is -0.975. The van der Waals surface area contributed by atoms with Crippen LogP contribution in [0.25, 0.3) is 10.9 Å². The zero-order valence-corrected chi connectivity index (χ0v) is 18.7. The van der Waals surface area contributed by atoms with Gasteiger partial charge in [0.2, 0.25) is 0 Å². The summed E-state index contributed by atoms with van der Waals surface area (Å²) in [6.45, 7) is 0. The van der Waals surface area contributed by atoms with Gasteiger partial charge < -0.3 is 9.67 Å². The maximum atomic E-state index is 11.5. The summed E-state index contributed by atoms with van der Waals surface area (Å²) in [5.74, 6) is -0.975. The zero-order chi connectivity index (χ0) is 24.4. The minimum absolute atomic E-state index is 0.0358. The van der Waals surface area contributed by atoms with Gasteiger partial charge in [-0.05, 0) is 46.9 Å². The average molecular weight is 463 g/mol. The molecule has 0 aliphatic rings. The second-order valence-corrected chi connectivity index (χ2v) is 8.42. The van der Waals surface area contributed by atoms with Crippen LogP contribution in [0.15, 0.2) is 109 Å². The fraction of sp³-hybridized carbons (Fsp3) is 0.0690. The second-order valence-electron chi connectivity index (χ2n) is 8.42. The summed E-state index contributed by atoms with van der Waals surface area (Å²) in [7, 11) is 0. The first-order chi connectivity index (χ1) is 17.0. The first-order valence-corrected chi connectivity index (χ1v) is 11.2. The first-order valence-electron chi connectivity index (χ1n) is 11.2. The fourth-order valence-electron chi connectivity index (χ4n) is 4.55. The Morgan fingerprint density at radius 2 is 1.46 bits per heavy atom. The van der Waals surface area contributed by atoms with Gasteiger partial charge in [-0.15, -0.1) is 0 Å². The van der Waals surface area contributed by atoms with Crippen molar-refractivity contribution in [2.24, 2.45) is 0 Å². The van der Waals surface area contributed by atoms with Gasteiger partial charge in [0, 0.05) is 29.2 Å². The molecule has 0 bridgehead atoms. The third-order valence-electron chi connectivity index (χ3n) is 6.21. The van der Waals surface area contributed by atoms with E-state index >= 15 is 0 Å². The van der Waals surface area contributed by atoms with E-state index in [2.05, 4.69) is 35.0 Å². The van der Waals surface area contributed by atoms with Crippen LogP contribution in [0.5, 0.6) is 0 Å². The van der Waals surface area contributed by atoms with Gasteiger partial charge >= 0.3 is 5.97 Å². The standard InChI is InChI=1S/C29H22N2O4/c32-29(33)23-13-11-20(12-14-23)17-24-19-30(27-16-15-25(31(34)35)18-26(24)27)28(21-7-3-1-4-8-21)22-9-5-2-6-10-22/h1-16,18-19,28H,17H2,(H,32,33). The van der Waals surface area contributed by atoms with Gasteiger partial charge in [0.15, 0.2) is 0 Å². The van der Waals surface area contributed by atoms with Crippen molar-refractivity contribution < 1.29 is 14.8 Å². The highest BCUT2D eigenvalue weighted by molar-refractivity contribution is 5.88. The summed E-state index contributed by atoms with van der Waals surface area (Å²) < 4.78 is 2.17. The van der Waals surface area contributed by atoms with Gasteiger partial charge in [-0.25, -0.2) is 4.79 Å². The minimum Gasteiger partial charge on any atom is -0.478 e. The third-order valence-corrected chi connectivity index (χ3v) is 6.21. The molecule has 0 saturated carbocycles. The molecule has 0 atom stereocenters. The lowest BCUT2D eigenvalue weighted by molar-refractivity contribution is -0.384. The van der Waals surface area contributed by atoms with E-state index < -0.39 is 5.97 Å². The molecule has 4 aromatic carbocycles. The molecule has 0 fully saturated rings. The topological polar surface area (TPSA) is 85.4 Å². The molecule has 1 heterocycles. The van der Waals surface area contributed by atoms with Gasteiger partial charge in [-0.3, -0.25) is 10.1 Å². The molecule has 0 radical (unpaired) electrons. The van der Waals surface area contributed by atoms with Crippen molar-refractivity contribution in [3.63, 3.8) is 0 Å². The molecule has 0 spiro atoms. The summed E-state index contributed by atoms with van der Waals surface area (Å²) in [4.78, 5) is 22.4. The van der Waals surface area contributed by atoms with Crippen molar-refractivity contribution in [3.05, 3.63) is 147 Å². The molecule has 6 heteroatoms. The molecule has 1 aromatic heterocycles. The van der Waals surface area contributed by atoms with Gasteiger partial charge in [-0.1, -0.05) is 72.8 Å². The Hall–Kier alpha value is -4.71. The van der Waals surface area contributed by atoms with Crippen molar-refractivity contribution in [3.8, 4) is 0 Å². The number of non-ortho nitro benzene ring substituents is 1. The number of nitrogens with zero attached hydrogens (tertiary/aromatic N) is 2. The van der Waals surface area contributed by atoms with Crippen molar-refractivity contribution in [1.82, 2.24) is 4.57 Å². The lowest BCUT2D eigenvalue weighted by Gasteiger charge is -2.21. The Labute approximate surface area is 201 Å². The van der Waals surface area contributed by atoms with Gasteiger partial charge in [0.1, 0.15) is 0 Å². The number of aromatic carboxylic acids is 1. The number of nitro benzene ring substituents is 1. The van der Waals surface area contributed by atoms with E-state index in [4.69, 9.17) is 0 Å². The fourth-order valence-corrected chi connectivity index (χ4v) is 4.55. The summed E-state index contributed by atoms with van der Waals surface area (Å²) in [6.07, 6.45) is 2.57. The molecule has 0 saturated heterocycles. The van der Waals surface area contributed by atoms with Crippen LogP contribution >= 0.6 is 0 Å². The number of fused-ring (bicyclic) bond motifs is 1. The van der Waals surface area contributed by atoms with E-state index in [1.54, 1.807) is 30.3 Å². The number of aromatic nitrogens is 1. The molecule has 1 N–H and O–H groups in total. The van der Waals surface area contributed by atoms with E-state index in [9.17, 15) is 20.0 Å². The molecular weight excluding hydrogens is 440 g/mol. The predicted octanol–water partition coefficient (Wildman–Crippen LogP) is 6.48. The van der Waals surface area contributed by atoms with Crippen molar-refractivity contribution in [1.29, 1.82) is 0 Å². The van der Waals surface area contributed by atoms with Crippen molar-refractivity contribution >= 4 is 22.6 Å². The number of carboxylic acid groups (broad SMARTS) is 1. The quantitative estimate of drug-likeness (QED) is 0.222. The lowest BCUT2D eigenvalue weighted by Crippen LogP contribution is -2.11. The molecule has 0 amide bonds. The maximum absolute atomic E-state index is 11.5. The first kappa shape index (κ1) is 22.1. The second kappa shape index (κ2) is 9.27. The van der Waals surface area contributed by atoms with Crippen molar-refractivity contribution in [2.75, 3.05) is 0 Å². The number of nitro groups is 1. The summed E-state index contributed by atoms with van der Waals surface area (Å²) in [6, 6.07) is 31.9. The zero-order valence-electron chi connectivity index (χ0n) is 18.7. The van der Waals surface area contributed by atoms with E-state index in [1.165, 1.54) is 6.07 Å². The SMILES string of the molecule is O=C(O)c1ccc(Cc2cn(C(c3ccccc3)c3ccccc3)c3ccc([N+](=O)[O-])cc23)cc1. The average Bonchev–Trinajstić information content (AvgIpc) is 3.23. The Balaban J connectivity index is 1.69. The lowest BCUT2D eigenvalue weighted by atomic mass is 9.98. The van der Waals surface area contributed by atoms with E-state index in [0.29, 0.717) is 6.42 Å². The molecule has 0 aliphatic carbocycles. The van der Waals surface area contributed by atoms with Crippen LogP contribution in [0, 0.1) is 10.1 Å². The highest BCUT2D eigenvalue weighted by Gasteiger charge is 2.22. The Morgan fingerprint density at radius 1 is 0.857 bits per heavy atom. The number of carbonyl (C=O) groups is 1. The molecule has 35 heavy (non-hydrogen) atoms. The van der Waals surface area contributed by atoms with Gasteiger partial charge in [0.05, 0.1) is 16.5 Å². The van der Waals surface area contributed by atoms with Crippen LogP contribution in [0.3, 0.4) is 0 Å². The number of rotatable bonds is 7. The summed E-state index contributed by atoms with van der Waals surface area (Å²) in [5.41, 5.74) is 5.22. The third kappa shape index (κ3) is 4.42. The molecule has 0 unspecified atom stereocenters. The van der Waals surface area contributed by atoms with Crippen LogP contribution in [-0.2, 0) is 6.42 Å². The number of carboxylic acids is 1. The predicted molar refractivity (Wildman–Crippen MR) is 135 cm³/mol. The van der Waals surface area contributed by atoms with E-state index in [0.717, 1.165) is 33.2 Å². The molecule has 5 aromatic rings. The Kier molecular flexibility index (Phi) is 5.85. The van der Waals surface area contributed by atoms with E-state index in [-0.39, 0.29) is 22.2 Å². The number of benzene rings is 4. The maximum Gasteiger partial charge on any atom is 0.335 e. The monoisotopic (exact) mass is 462 g/mol. The number of hydrogen-bond donors (Lipinski definition) is 1. The molecule has 6 nitrogen and oxygen atoms in total. The highest BCUT2D eigenvalue weighted by atomic mass is 16.6. The van der Waals surface area contributed by atoms with Crippen LogP contribution in [0.4, 0.5) is 5.69 Å². The molecular formula is C29H22N2O4. The van der Waals surface area contributed by atoms with Crippen LogP contribution in [0.2, 0.25) is 0 Å². The number of hydrogen-bond acceptors (Lipinski definition) is 3. The van der Waals surface area contributed by atoms with Crippen LogP contribution < -0.4 is 0 Å². The summed E-state index contributed by atoms with van der Waals surface area (Å²) >= 11 is 0. The Morgan fingerprint density at radius 3 is 2.00 bits per heavy atom. The molecule has 5 rings (SSSR count). The van der Waals surface area contributed by atoms with Gasteiger partial charge in [-0.2, -0.15) is 0 Å². The smallest absolute Gasteiger partial charge is 0.335 e. The van der Waals surface area contributed by atoms with E-state index in [1.807, 2.05) is 42.5 Å². The molecule has 172 valence electrons. The highest BCUT2D eigenvalue weighted by Crippen LogP contribution is 2.35. The van der Waals surface area contributed by atoms with Gasteiger partial charge in [0.25, 0.3) is 5.69 Å². The van der Waals surface area contributed by atoms with Crippen LogP contribution in [0.1, 0.15) is 38.7 Å². The van der Waals surface area contributed by atoms with Crippen molar-refractivity contribution in [2.45, 2.75) is 12.5 Å². The Bertz CT molecular complexity index is 1470. The summed E-state index contributed by atoms with van der Waals surface area (Å²) in [5, 5.41) is 21.5. The largest absolute Gasteiger partial charge is 0.478 e. The normalized spacial score (nSPS) is 11.1.